The number of nitrogens with one attached hydrogen (secondary N) is 1. The zero-order valence-corrected chi connectivity index (χ0v) is 13.5. The summed E-state index contributed by atoms with van der Waals surface area (Å²) in [7, 11) is 1.61. The SMILES string of the molecule is COc1ccc2cc(-c3nccn3CC3CCCO3)c(=O)[nH]c2c1. The Morgan fingerprint density at radius 3 is 3.12 bits per heavy atom. The number of aromatic amines is 1. The number of pyridine rings is 1. The Kier molecular flexibility index (Phi) is 3.82. The van der Waals surface area contributed by atoms with Gasteiger partial charge in [0, 0.05) is 25.1 Å². The Bertz CT molecular complexity index is 923. The van der Waals surface area contributed by atoms with E-state index in [9.17, 15) is 4.79 Å². The zero-order chi connectivity index (χ0) is 16.5. The molecule has 1 unspecified atom stereocenters. The van der Waals surface area contributed by atoms with Crippen molar-refractivity contribution in [1.29, 1.82) is 0 Å². The van der Waals surface area contributed by atoms with Crippen molar-refractivity contribution in [1.82, 2.24) is 14.5 Å². The maximum atomic E-state index is 12.5. The lowest BCUT2D eigenvalue weighted by Crippen LogP contribution is -2.17. The summed E-state index contributed by atoms with van der Waals surface area (Å²) in [6.45, 7) is 1.53. The number of fused-ring (bicyclic) bond motifs is 1. The molecule has 1 saturated heterocycles. The molecule has 0 saturated carbocycles. The van der Waals surface area contributed by atoms with Crippen molar-refractivity contribution in [2.24, 2.45) is 0 Å². The van der Waals surface area contributed by atoms with Gasteiger partial charge in [-0.3, -0.25) is 4.79 Å². The van der Waals surface area contributed by atoms with Crippen molar-refractivity contribution in [2.75, 3.05) is 13.7 Å². The first-order valence-corrected chi connectivity index (χ1v) is 8.09. The number of hydrogen-bond acceptors (Lipinski definition) is 4. The van der Waals surface area contributed by atoms with E-state index in [0.29, 0.717) is 17.1 Å². The number of imidazole rings is 1. The van der Waals surface area contributed by atoms with Crippen LogP contribution in [0.5, 0.6) is 5.75 Å². The number of aromatic nitrogens is 3. The molecule has 6 heteroatoms. The Labute approximate surface area is 139 Å². The third-order valence-corrected chi connectivity index (χ3v) is 4.43. The van der Waals surface area contributed by atoms with Crippen LogP contribution in [0.25, 0.3) is 22.3 Å². The lowest BCUT2D eigenvalue weighted by molar-refractivity contribution is 0.0973. The molecule has 1 N–H and O–H groups in total. The van der Waals surface area contributed by atoms with Crippen molar-refractivity contribution in [3.05, 3.63) is 47.0 Å². The molecular weight excluding hydrogens is 306 g/mol. The molecule has 1 aliphatic heterocycles. The monoisotopic (exact) mass is 325 g/mol. The number of nitrogens with zero attached hydrogens (tertiary/aromatic N) is 2. The van der Waals surface area contributed by atoms with Crippen molar-refractivity contribution in [3.63, 3.8) is 0 Å². The topological polar surface area (TPSA) is 69.1 Å². The van der Waals surface area contributed by atoms with E-state index >= 15 is 0 Å². The summed E-state index contributed by atoms with van der Waals surface area (Å²) < 4.78 is 12.9. The molecule has 1 fully saturated rings. The van der Waals surface area contributed by atoms with Crippen molar-refractivity contribution in [3.8, 4) is 17.1 Å². The predicted octanol–water partition coefficient (Wildman–Crippen LogP) is 2.58. The Morgan fingerprint density at radius 1 is 1.42 bits per heavy atom. The number of hydrogen-bond donors (Lipinski definition) is 1. The average molecular weight is 325 g/mol. The first-order chi connectivity index (χ1) is 11.7. The molecule has 4 rings (SSSR count). The van der Waals surface area contributed by atoms with E-state index < -0.39 is 0 Å². The van der Waals surface area contributed by atoms with Gasteiger partial charge in [0.1, 0.15) is 11.6 Å². The van der Waals surface area contributed by atoms with Crippen LogP contribution in [0.1, 0.15) is 12.8 Å². The van der Waals surface area contributed by atoms with Gasteiger partial charge in [0.15, 0.2) is 0 Å². The number of ether oxygens (including phenoxy) is 2. The van der Waals surface area contributed by atoms with Crippen LogP contribution in [0.15, 0.2) is 41.5 Å². The Balaban J connectivity index is 1.75. The predicted molar refractivity (Wildman–Crippen MR) is 91.3 cm³/mol. The van der Waals surface area contributed by atoms with Gasteiger partial charge in [-0.2, -0.15) is 0 Å². The lowest BCUT2D eigenvalue weighted by atomic mass is 10.1. The number of H-pyrrole nitrogens is 1. The molecule has 0 spiro atoms. The van der Waals surface area contributed by atoms with Crippen molar-refractivity contribution >= 4 is 10.9 Å². The van der Waals surface area contributed by atoms with Gasteiger partial charge in [0.05, 0.1) is 30.8 Å². The molecule has 1 aromatic carbocycles. The van der Waals surface area contributed by atoms with Gasteiger partial charge in [-0.25, -0.2) is 4.98 Å². The first-order valence-electron chi connectivity index (χ1n) is 8.09. The van der Waals surface area contributed by atoms with Gasteiger partial charge >= 0.3 is 0 Å². The molecule has 24 heavy (non-hydrogen) atoms. The van der Waals surface area contributed by atoms with E-state index in [0.717, 1.165) is 36.9 Å². The molecule has 124 valence electrons. The summed E-state index contributed by atoms with van der Waals surface area (Å²) in [5, 5.41) is 0.942. The summed E-state index contributed by atoms with van der Waals surface area (Å²) in [6, 6.07) is 7.51. The van der Waals surface area contributed by atoms with Gasteiger partial charge in [-0.05, 0) is 36.4 Å². The van der Waals surface area contributed by atoms with E-state index in [1.54, 1.807) is 13.3 Å². The molecule has 6 nitrogen and oxygen atoms in total. The van der Waals surface area contributed by atoms with Gasteiger partial charge in [0.25, 0.3) is 5.56 Å². The van der Waals surface area contributed by atoms with Crippen LogP contribution in [-0.2, 0) is 11.3 Å². The fourth-order valence-electron chi connectivity index (χ4n) is 3.18. The third-order valence-electron chi connectivity index (χ3n) is 4.43. The largest absolute Gasteiger partial charge is 0.497 e. The summed E-state index contributed by atoms with van der Waals surface area (Å²) in [6.07, 6.45) is 5.96. The molecule has 2 aromatic heterocycles. The molecule has 0 bridgehead atoms. The summed E-state index contributed by atoms with van der Waals surface area (Å²) in [4.78, 5) is 19.9. The normalized spacial score (nSPS) is 17.5. The van der Waals surface area contributed by atoms with Crippen molar-refractivity contribution < 1.29 is 9.47 Å². The zero-order valence-electron chi connectivity index (χ0n) is 13.5. The highest BCUT2D eigenvalue weighted by atomic mass is 16.5. The van der Waals surface area contributed by atoms with Gasteiger partial charge < -0.3 is 19.0 Å². The van der Waals surface area contributed by atoms with Gasteiger partial charge in [-0.15, -0.1) is 0 Å². The van der Waals surface area contributed by atoms with E-state index in [2.05, 4.69) is 9.97 Å². The quantitative estimate of drug-likeness (QED) is 0.800. The summed E-state index contributed by atoms with van der Waals surface area (Å²) in [5.74, 6) is 1.38. The highest BCUT2D eigenvalue weighted by molar-refractivity contribution is 5.83. The molecule has 0 aliphatic carbocycles. The molecular formula is C18H19N3O3. The standard InChI is InChI=1S/C18H19N3O3/c1-23-13-5-4-12-9-15(18(22)20-16(12)10-13)17-19-6-7-21(17)11-14-3-2-8-24-14/h4-7,9-10,14H,2-3,8,11H2,1H3,(H,20,22). The van der Waals surface area contributed by atoms with Crippen LogP contribution in [0, 0.1) is 0 Å². The fraction of sp³-hybridized carbons (Fsp3) is 0.333. The lowest BCUT2D eigenvalue weighted by Gasteiger charge is -2.13. The van der Waals surface area contributed by atoms with Crippen molar-refractivity contribution in [2.45, 2.75) is 25.5 Å². The smallest absolute Gasteiger partial charge is 0.259 e. The van der Waals surface area contributed by atoms with Crippen LogP contribution in [-0.4, -0.2) is 34.4 Å². The minimum atomic E-state index is -0.157. The van der Waals surface area contributed by atoms with E-state index in [4.69, 9.17) is 9.47 Å². The van der Waals surface area contributed by atoms with E-state index in [1.165, 1.54) is 0 Å². The molecule has 3 heterocycles. The average Bonchev–Trinajstić information content (AvgIpc) is 3.26. The summed E-state index contributed by atoms with van der Waals surface area (Å²) >= 11 is 0. The minimum absolute atomic E-state index is 0.157. The van der Waals surface area contributed by atoms with Gasteiger partial charge in [-0.1, -0.05) is 0 Å². The van der Waals surface area contributed by atoms with Crippen LogP contribution < -0.4 is 10.3 Å². The summed E-state index contributed by atoms with van der Waals surface area (Å²) in [5.41, 5.74) is 1.16. The fourth-order valence-corrected chi connectivity index (χ4v) is 3.18. The second-order valence-corrected chi connectivity index (χ2v) is 6.00. The Hall–Kier alpha value is -2.60. The van der Waals surface area contributed by atoms with E-state index in [-0.39, 0.29) is 11.7 Å². The third kappa shape index (κ3) is 2.69. The Morgan fingerprint density at radius 2 is 2.33 bits per heavy atom. The van der Waals surface area contributed by atoms with E-state index in [1.807, 2.05) is 35.0 Å². The highest BCUT2D eigenvalue weighted by Crippen LogP contribution is 2.23. The van der Waals surface area contributed by atoms with Crippen LogP contribution in [0.2, 0.25) is 0 Å². The number of methoxy groups -OCH3 is 1. The second kappa shape index (κ2) is 6.13. The maximum absolute atomic E-state index is 12.5. The molecule has 0 amide bonds. The molecule has 0 radical (unpaired) electrons. The number of rotatable bonds is 4. The van der Waals surface area contributed by atoms with Crippen LogP contribution in [0.4, 0.5) is 0 Å². The molecule has 3 aromatic rings. The van der Waals surface area contributed by atoms with Crippen LogP contribution in [0.3, 0.4) is 0 Å². The molecule has 1 atom stereocenters. The highest BCUT2D eigenvalue weighted by Gasteiger charge is 2.19. The molecule has 1 aliphatic rings. The number of benzene rings is 1. The minimum Gasteiger partial charge on any atom is -0.497 e. The second-order valence-electron chi connectivity index (χ2n) is 6.00. The first kappa shape index (κ1) is 15.0. The maximum Gasteiger partial charge on any atom is 0.259 e. The van der Waals surface area contributed by atoms with Crippen LogP contribution >= 0.6 is 0 Å². The van der Waals surface area contributed by atoms with Gasteiger partial charge in [0.2, 0.25) is 0 Å².